The van der Waals surface area contributed by atoms with Crippen LogP contribution in [-0.2, 0) is 4.79 Å². The normalized spacial score (nSPS) is 19.6. The van der Waals surface area contributed by atoms with Gasteiger partial charge in [-0.05, 0) is 31.5 Å². The third-order valence-electron chi connectivity index (χ3n) is 3.66. The maximum absolute atomic E-state index is 13.6. The van der Waals surface area contributed by atoms with Gasteiger partial charge in [-0.1, -0.05) is 12.1 Å². The van der Waals surface area contributed by atoms with E-state index in [2.05, 4.69) is 5.32 Å². The molecule has 5 heteroatoms. The van der Waals surface area contributed by atoms with Gasteiger partial charge in [-0.2, -0.15) is 0 Å². The smallest absolute Gasteiger partial charge is 0.224 e. The largest absolute Gasteiger partial charge is 0.359 e. The van der Waals surface area contributed by atoms with Gasteiger partial charge in [-0.15, -0.1) is 0 Å². The molecule has 1 atom stereocenters. The molecule has 4 nitrogen and oxygen atoms in total. The summed E-state index contributed by atoms with van der Waals surface area (Å²) in [5, 5.41) is 2.64. The summed E-state index contributed by atoms with van der Waals surface area (Å²) >= 11 is 0. The summed E-state index contributed by atoms with van der Waals surface area (Å²) in [5.41, 5.74) is 0.120. The Labute approximate surface area is 118 Å². The van der Waals surface area contributed by atoms with Crippen molar-refractivity contribution in [3.63, 3.8) is 0 Å². The van der Waals surface area contributed by atoms with E-state index in [1.165, 1.54) is 12.1 Å². The number of benzene rings is 1. The summed E-state index contributed by atoms with van der Waals surface area (Å²) in [6.07, 6.45) is 1.71. The summed E-state index contributed by atoms with van der Waals surface area (Å²) in [6.45, 7) is 1.49. The van der Waals surface area contributed by atoms with Gasteiger partial charge in [-0.3, -0.25) is 14.5 Å². The number of ketones is 1. The first-order chi connectivity index (χ1) is 9.61. The molecule has 108 valence electrons. The molecular formula is C15H19FN2O2. The molecule has 1 N–H and O–H groups in total. The van der Waals surface area contributed by atoms with Gasteiger partial charge < -0.3 is 5.32 Å². The van der Waals surface area contributed by atoms with Crippen LogP contribution >= 0.6 is 0 Å². The number of hydrogen-bond donors (Lipinski definition) is 1. The fourth-order valence-corrected chi connectivity index (χ4v) is 2.59. The van der Waals surface area contributed by atoms with Crippen molar-refractivity contribution in [2.24, 2.45) is 5.92 Å². The molecule has 0 aliphatic carbocycles. The number of hydrogen-bond acceptors (Lipinski definition) is 3. The lowest BCUT2D eigenvalue weighted by Gasteiger charge is -2.31. The van der Waals surface area contributed by atoms with Crippen molar-refractivity contribution >= 4 is 11.7 Å². The summed E-state index contributed by atoms with van der Waals surface area (Å²) in [5.74, 6) is -0.798. The Balaban J connectivity index is 1.98. The SMILES string of the molecule is CNC(=O)C1CCCN(CC(=O)c2ccccc2F)C1. The molecule has 0 radical (unpaired) electrons. The molecule has 1 saturated heterocycles. The Bertz CT molecular complexity index is 504. The first-order valence-corrected chi connectivity index (χ1v) is 6.83. The molecule has 1 heterocycles. The number of nitrogens with zero attached hydrogens (tertiary/aromatic N) is 1. The summed E-state index contributed by atoms with van der Waals surface area (Å²) < 4.78 is 13.6. The molecule has 0 saturated carbocycles. The van der Waals surface area contributed by atoms with Gasteiger partial charge in [0, 0.05) is 13.6 Å². The minimum Gasteiger partial charge on any atom is -0.359 e. The van der Waals surface area contributed by atoms with E-state index in [1.54, 1.807) is 19.2 Å². The van der Waals surface area contributed by atoms with Crippen LogP contribution in [0.2, 0.25) is 0 Å². The molecule has 20 heavy (non-hydrogen) atoms. The van der Waals surface area contributed by atoms with Crippen LogP contribution in [-0.4, -0.2) is 43.3 Å². The third-order valence-corrected chi connectivity index (χ3v) is 3.66. The highest BCUT2D eigenvalue weighted by molar-refractivity contribution is 5.97. The Morgan fingerprint density at radius 3 is 2.85 bits per heavy atom. The first-order valence-electron chi connectivity index (χ1n) is 6.83. The summed E-state index contributed by atoms with van der Waals surface area (Å²) in [4.78, 5) is 25.7. The number of piperidine rings is 1. The van der Waals surface area contributed by atoms with E-state index < -0.39 is 5.82 Å². The molecule has 0 spiro atoms. The lowest BCUT2D eigenvalue weighted by Crippen LogP contribution is -2.44. The maximum Gasteiger partial charge on any atom is 0.224 e. The van der Waals surface area contributed by atoms with Crippen LogP contribution in [0, 0.1) is 11.7 Å². The molecule has 2 rings (SSSR count). The van der Waals surface area contributed by atoms with Crippen LogP contribution in [0.1, 0.15) is 23.2 Å². The Morgan fingerprint density at radius 1 is 1.40 bits per heavy atom. The number of Topliss-reactive ketones (excluding diaryl/α,β-unsaturated/α-hetero) is 1. The number of rotatable bonds is 4. The van der Waals surface area contributed by atoms with E-state index in [0.717, 1.165) is 19.4 Å². The van der Waals surface area contributed by atoms with E-state index in [9.17, 15) is 14.0 Å². The van der Waals surface area contributed by atoms with Gasteiger partial charge in [0.25, 0.3) is 0 Å². The van der Waals surface area contributed by atoms with Crippen molar-refractivity contribution in [2.75, 3.05) is 26.7 Å². The van der Waals surface area contributed by atoms with E-state index in [-0.39, 0.29) is 29.7 Å². The zero-order chi connectivity index (χ0) is 14.5. The average Bonchev–Trinajstić information content (AvgIpc) is 2.47. The zero-order valence-electron chi connectivity index (χ0n) is 11.6. The number of carbonyl (C=O) groups is 2. The highest BCUT2D eigenvalue weighted by Gasteiger charge is 2.26. The Kier molecular flexibility index (Phi) is 4.84. The predicted octanol–water partition coefficient (Wildman–Crippen LogP) is 1.47. The third kappa shape index (κ3) is 3.42. The molecule has 1 aromatic rings. The lowest BCUT2D eigenvalue weighted by molar-refractivity contribution is -0.126. The van der Waals surface area contributed by atoms with Crippen LogP contribution in [0.5, 0.6) is 0 Å². The molecule has 1 aliphatic rings. The number of carbonyl (C=O) groups excluding carboxylic acids is 2. The van der Waals surface area contributed by atoms with Crippen molar-refractivity contribution in [3.05, 3.63) is 35.6 Å². The second-order valence-electron chi connectivity index (χ2n) is 5.09. The van der Waals surface area contributed by atoms with Gasteiger partial charge in [0.2, 0.25) is 5.91 Å². The van der Waals surface area contributed by atoms with Gasteiger partial charge in [-0.25, -0.2) is 4.39 Å². The molecule has 1 fully saturated rings. The number of likely N-dealkylation sites (tertiary alicyclic amines) is 1. The first kappa shape index (κ1) is 14.7. The minimum absolute atomic E-state index is 0.00745. The molecule has 1 aliphatic heterocycles. The van der Waals surface area contributed by atoms with Crippen molar-refractivity contribution in [3.8, 4) is 0 Å². The second-order valence-corrected chi connectivity index (χ2v) is 5.09. The van der Waals surface area contributed by atoms with Crippen LogP contribution in [0.15, 0.2) is 24.3 Å². The van der Waals surface area contributed by atoms with Crippen molar-refractivity contribution < 1.29 is 14.0 Å². The van der Waals surface area contributed by atoms with E-state index >= 15 is 0 Å². The van der Waals surface area contributed by atoms with Crippen molar-refractivity contribution in [1.29, 1.82) is 0 Å². The molecule has 0 bridgehead atoms. The fourth-order valence-electron chi connectivity index (χ4n) is 2.59. The molecule has 1 aromatic carbocycles. The summed E-state index contributed by atoms with van der Waals surface area (Å²) in [6, 6.07) is 6.00. The Morgan fingerprint density at radius 2 is 2.15 bits per heavy atom. The highest BCUT2D eigenvalue weighted by Crippen LogP contribution is 2.17. The van der Waals surface area contributed by atoms with Crippen LogP contribution < -0.4 is 5.32 Å². The van der Waals surface area contributed by atoms with Crippen molar-refractivity contribution in [2.45, 2.75) is 12.8 Å². The van der Waals surface area contributed by atoms with Gasteiger partial charge in [0.1, 0.15) is 5.82 Å². The number of nitrogens with one attached hydrogen (secondary N) is 1. The molecular weight excluding hydrogens is 259 g/mol. The quantitative estimate of drug-likeness (QED) is 0.848. The molecule has 0 aromatic heterocycles. The average molecular weight is 278 g/mol. The van der Waals surface area contributed by atoms with Crippen molar-refractivity contribution in [1.82, 2.24) is 10.2 Å². The second kappa shape index (κ2) is 6.61. The number of halogens is 1. The maximum atomic E-state index is 13.6. The minimum atomic E-state index is -0.489. The van der Waals surface area contributed by atoms with E-state index in [1.807, 2.05) is 4.90 Å². The van der Waals surface area contributed by atoms with Gasteiger partial charge in [0.15, 0.2) is 5.78 Å². The standard InChI is InChI=1S/C15H19FN2O2/c1-17-15(20)11-5-4-8-18(9-11)10-14(19)12-6-2-3-7-13(12)16/h2-3,6-7,11H,4-5,8-10H2,1H3,(H,17,20). The van der Waals surface area contributed by atoms with Gasteiger partial charge >= 0.3 is 0 Å². The summed E-state index contributed by atoms with van der Waals surface area (Å²) in [7, 11) is 1.62. The van der Waals surface area contributed by atoms with E-state index in [4.69, 9.17) is 0 Å². The van der Waals surface area contributed by atoms with Gasteiger partial charge in [0.05, 0.1) is 18.0 Å². The molecule has 1 amide bonds. The van der Waals surface area contributed by atoms with E-state index in [0.29, 0.717) is 6.54 Å². The van der Waals surface area contributed by atoms with Crippen LogP contribution in [0.25, 0.3) is 0 Å². The van der Waals surface area contributed by atoms with Crippen LogP contribution in [0.3, 0.4) is 0 Å². The number of amides is 1. The predicted molar refractivity (Wildman–Crippen MR) is 74.0 cm³/mol. The highest BCUT2D eigenvalue weighted by atomic mass is 19.1. The molecule has 1 unspecified atom stereocenters. The van der Waals surface area contributed by atoms with Crippen LogP contribution in [0.4, 0.5) is 4.39 Å². The monoisotopic (exact) mass is 278 g/mol. The topological polar surface area (TPSA) is 49.4 Å². The zero-order valence-corrected chi connectivity index (χ0v) is 11.6. The lowest BCUT2D eigenvalue weighted by atomic mass is 9.96. The Hall–Kier alpha value is -1.75. The fraction of sp³-hybridized carbons (Fsp3) is 0.467.